The van der Waals surface area contributed by atoms with E-state index in [-0.39, 0.29) is 11.5 Å². The van der Waals surface area contributed by atoms with Gasteiger partial charge in [0.05, 0.1) is 11.1 Å². The van der Waals surface area contributed by atoms with E-state index < -0.39 is 11.6 Å². The quantitative estimate of drug-likeness (QED) is 0.385. The molecule has 0 radical (unpaired) electrons. The lowest BCUT2D eigenvalue weighted by molar-refractivity contribution is 0.112. The summed E-state index contributed by atoms with van der Waals surface area (Å²) in [6.07, 6.45) is 5.79. The third-order valence-electron chi connectivity index (χ3n) is 6.66. The molecule has 7 nitrogen and oxygen atoms in total. The third-order valence-corrected chi connectivity index (χ3v) is 6.66. The van der Waals surface area contributed by atoms with Crippen LogP contribution in [0.25, 0.3) is 22.0 Å². The van der Waals surface area contributed by atoms with Crippen molar-refractivity contribution < 1.29 is 18.1 Å². The van der Waals surface area contributed by atoms with Crippen molar-refractivity contribution in [3.8, 4) is 11.1 Å². The number of rotatable bonds is 5. The van der Waals surface area contributed by atoms with Crippen molar-refractivity contribution in [2.45, 2.75) is 37.5 Å². The van der Waals surface area contributed by atoms with Crippen molar-refractivity contribution in [3.05, 3.63) is 65.6 Å². The van der Waals surface area contributed by atoms with Gasteiger partial charge in [0.2, 0.25) is 5.89 Å². The summed E-state index contributed by atoms with van der Waals surface area (Å²) in [5.41, 5.74) is 1.37. The van der Waals surface area contributed by atoms with Gasteiger partial charge in [0.25, 0.3) is 0 Å². The SMILES string of the molecule is O=Cc1ccc(-c2cc(F)cc3c(N4CCC(c5nc(C6CC6)no5)CC4)ncnc23)cc1F. The van der Waals surface area contributed by atoms with Gasteiger partial charge in [-0.1, -0.05) is 11.2 Å². The van der Waals surface area contributed by atoms with E-state index in [9.17, 15) is 13.6 Å². The average molecular weight is 461 g/mol. The molecule has 0 spiro atoms. The number of halogens is 2. The molecule has 0 amide bonds. The minimum Gasteiger partial charge on any atom is -0.356 e. The number of benzene rings is 2. The minimum atomic E-state index is -0.660. The normalized spacial score (nSPS) is 16.8. The molecule has 2 aromatic heterocycles. The Labute approximate surface area is 193 Å². The number of piperidine rings is 1. The number of hydrogen-bond donors (Lipinski definition) is 0. The maximum atomic E-state index is 14.7. The highest BCUT2D eigenvalue weighted by Gasteiger charge is 2.32. The highest BCUT2D eigenvalue weighted by molar-refractivity contribution is 5.99. The van der Waals surface area contributed by atoms with E-state index in [0.717, 1.165) is 31.5 Å². The maximum absolute atomic E-state index is 14.7. The smallest absolute Gasteiger partial charge is 0.229 e. The summed E-state index contributed by atoms with van der Waals surface area (Å²) in [6.45, 7) is 1.40. The Morgan fingerprint density at radius 3 is 2.56 bits per heavy atom. The number of aldehydes is 1. The first-order valence-electron chi connectivity index (χ1n) is 11.4. The number of fused-ring (bicyclic) bond motifs is 1. The molecule has 6 rings (SSSR count). The number of nitrogens with zero attached hydrogens (tertiary/aromatic N) is 5. The Hall–Kier alpha value is -3.75. The van der Waals surface area contributed by atoms with Crippen LogP contribution >= 0.6 is 0 Å². The summed E-state index contributed by atoms with van der Waals surface area (Å²) in [7, 11) is 0. The van der Waals surface area contributed by atoms with E-state index in [1.807, 2.05) is 0 Å². The fourth-order valence-corrected chi connectivity index (χ4v) is 4.64. The molecule has 1 saturated heterocycles. The molecule has 0 unspecified atom stereocenters. The zero-order valence-corrected chi connectivity index (χ0v) is 18.2. The highest BCUT2D eigenvalue weighted by Crippen LogP contribution is 2.40. The molecule has 2 aromatic carbocycles. The zero-order chi connectivity index (χ0) is 23.2. The van der Waals surface area contributed by atoms with Gasteiger partial charge < -0.3 is 9.42 Å². The Bertz CT molecular complexity index is 1390. The van der Waals surface area contributed by atoms with Gasteiger partial charge in [0.1, 0.15) is 23.8 Å². The summed E-state index contributed by atoms with van der Waals surface area (Å²) in [5, 5.41) is 4.69. The molecule has 4 aromatic rings. The predicted octanol–water partition coefficient (Wildman–Crippen LogP) is 5.03. The fraction of sp³-hybridized carbons (Fsp3) is 0.320. The molecule has 0 bridgehead atoms. The van der Waals surface area contributed by atoms with Gasteiger partial charge in [-0.2, -0.15) is 4.98 Å². The van der Waals surface area contributed by atoms with Gasteiger partial charge in [-0.05, 0) is 55.5 Å². The van der Waals surface area contributed by atoms with Crippen LogP contribution < -0.4 is 4.90 Å². The van der Waals surface area contributed by atoms with Gasteiger partial charge in [-0.15, -0.1) is 0 Å². The molecular weight excluding hydrogens is 440 g/mol. The van der Waals surface area contributed by atoms with Crippen molar-refractivity contribution in [3.63, 3.8) is 0 Å². The van der Waals surface area contributed by atoms with Gasteiger partial charge in [-0.3, -0.25) is 4.79 Å². The van der Waals surface area contributed by atoms with E-state index >= 15 is 0 Å². The molecule has 1 aliphatic heterocycles. The molecule has 3 heterocycles. The molecular formula is C25H21F2N5O2. The molecule has 1 aliphatic carbocycles. The first-order chi connectivity index (χ1) is 16.6. The Kier molecular flexibility index (Phi) is 5.04. The van der Waals surface area contributed by atoms with E-state index in [2.05, 4.69) is 25.0 Å². The van der Waals surface area contributed by atoms with Crippen molar-refractivity contribution >= 4 is 23.0 Å². The summed E-state index contributed by atoms with van der Waals surface area (Å²) in [4.78, 5) is 26.5. The number of anilines is 1. The van der Waals surface area contributed by atoms with E-state index in [1.165, 1.54) is 30.6 Å². The largest absolute Gasteiger partial charge is 0.356 e. The van der Waals surface area contributed by atoms with Gasteiger partial charge >= 0.3 is 0 Å². The lowest BCUT2D eigenvalue weighted by Gasteiger charge is -2.32. The van der Waals surface area contributed by atoms with Crippen molar-refractivity contribution in [1.29, 1.82) is 0 Å². The first kappa shape index (κ1) is 20.8. The summed E-state index contributed by atoms with van der Waals surface area (Å²) >= 11 is 0. The molecule has 0 N–H and O–H groups in total. The second-order valence-electron chi connectivity index (χ2n) is 8.93. The molecule has 34 heavy (non-hydrogen) atoms. The predicted molar refractivity (Wildman–Crippen MR) is 121 cm³/mol. The zero-order valence-electron chi connectivity index (χ0n) is 18.2. The molecule has 9 heteroatoms. The van der Waals surface area contributed by atoms with Crippen LogP contribution in [-0.2, 0) is 0 Å². The second-order valence-corrected chi connectivity index (χ2v) is 8.93. The highest BCUT2D eigenvalue weighted by atomic mass is 19.1. The van der Waals surface area contributed by atoms with Crippen molar-refractivity contribution in [2.75, 3.05) is 18.0 Å². The Morgan fingerprint density at radius 1 is 1.00 bits per heavy atom. The first-order valence-corrected chi connectivity index (χ1v) is 11.4. The number of hydrogen-bond acceptors (Lipinski definition) is 7. The summed E-state index contributed by atoms with van der Waals surface area (Å²) < 4.78 is 34.4. The lowest BCUT2D eigenvalue weighted by Crippen LogP contribution is -2.33. The van der Waals surface area contributed by atoms with Crippen LogP contribution in [0.2, 0.25) is 0 Å². The second kappa shape index (κ2) is 8.23. The lowest BCUT2D eigenvalue weighted by atomic mass is 9.96. The van der Waals surface area contributed by atoms with Crippen LogP contribution in [0, 0.1) is 11.6 Å². The average Bonchev–Trinajstić information content (AvgIpc) is 3.59. The Balaban J connectivity index is 1.30. The van der Waals surface area contributed by atoms with E-state index in [4.69, 9.17) is 4.52 Å². The standard InChI is InChI=1S/C25H21F2N5O2/c26-18-10-19(16-3-4-17(12-33)21(27)9-16)22-20(11-18)24(29-13-28-22)32-7-5-15(6-8-32)25-30-23(31-34-25)14-1-2-14/h3-4,9-15H,1-2,5-8H2. The number of aromatic nitrogens is 4. The van der Waals surface area contributed by atoms with Crippen molar-refractivity contribution in [1.82, 2.24) is 20.1 Å². The molecule has 2 aliphatic rings. The summed E-state index contributed by atoms with van der Waals surface area (Å²) in [6, 6.07) is 6.94. The number of carbonyl (C=O) groups excluding carboxylic acids is 1. The third kappa shape index (κ3) is 3.70. The van der Waals surface area contributed by atoms with E-state index in [1.54, 1.807) is 6.07 Å². The van der Waals surface area contributed by atoms with Crippen LogP contribution in [0.4, 0.5) is 14.6 Å². The van der Waals surface area contributed by atoms with E-state index in [0.29, 0.717) is 59.0 Å². The minimum absolute atomic E-state index is 0.0480. The van der Waals surface area contributed by atoms with Crippen LogP contribution in [0.5, 0.6) is 0 Å². The molecule has 0 atom stereocenters. The van der Waals surface area contributed by atoms with Crippen LogP contribution in [0.15, 0.2) is 41.2 Å². The molecule has 2 fully saturated rings. The van der Waals surface area contributed by atoms with Crippen LogP contribution in [0.3, 0.4) is 0 Å². The fourth-order valence-electron chi connectivity index (χ4n) is 4.64. The van der Waals surface area contributed by atoms with Gasteiger partial charge in [0, 0.05) is 35.9 Å². The summed E-state index contributed by atoms with van der Waals surface area (Å²) in [5.74, 6) is 1.67. The molecule has 1 saturated carbocycles. The number of carbonyl (C=O) groups is 1. The maximum Gasteiger partial charge on any atom is 0.229 e. The van der Waals surface area contributed by atoms with Crippen LogP contribution in [0.1, 0.15) is 59.6 Å². The molecule has 172 valence electrons. The topological polar surface area (TPSA) is 85.0 Å². The van der Waals surface area contributed by atoms with Gasteiger partial charge in [0.15, 0.2) is 12.1 Å². The Morgan fingerprint density at radius 2 is 1.82 bits per heavy atom. The van der Waals surface area contributed by atoms with Crippen molar-refractivity contribution in [2.24, 2.45) is 0 Å². The van der Waals surface area contributed by atoms with Gasteiger partial charge in [-0.25, -0.2) is 18.7 Å². The monoisotopic (exact) mass is 461 g/mol. The van der Waals surface area contributed by atoms with Crippen LogP contribution in [-0.4, -0.2) is 39.5 Å².